The Labute approximate surface area is 277 Å². The fourth-order valence-electron chi connectivity index (χ4n) is 4.56. The maximum absolute atomic E-state index is 12.4. The topological polar surface area (TPSA) is 272 Å². The largest absolute Gasteiger partial charge is 0.505 e. The lowest BCUT2D eigenvalue weighted by molar-refractivity contribution is -0.384. The summed E-state index contributed by atoms with van der Waals surface area (Å²) in [6.45, 7) is 3.56. The van der Waals surface area contributed by atoms with Gasteiger partial charge in [-0.15, -0.1) is 10.2 Å². The number of phenolic OH excluding ortho intramolecular Hbond substituents is 1. The van der Waals surface area contributed by atoms with Crippen LogP contribution in [0.5, 0.6) is 5.75 Å². The number of hydrogen-bond donors (Lipinski definition) is 4. The van der Waals surface area contributed by atoms with Gasteiger partial charge in [0.25, 0.3) is 25.9 Å². The number of nitrogens with zero attached hydrogens (tertiary/aromatic N) is 7. The summed E-state index contributed by atoms with van der Waals surface area (Å²) in [6.07, 6.45) is 0. The van der Waals surface area contributed by atoms with Crippen molar-refractivity contribution in [2.75, 3.05) is 5.73 Å². The summed E-state index contributed by atoms with van der Waals surface area (Å²) in [5.41, 5.74) is 6.85. The average Bonchev–Trinajstić information content (AvgIpc) is 3.03. The summed E-state index contributed by atoms with van der Waals surface area (Å²) in [7, 11) is -10.2. The van der Waals surface area contributed by atoms with E-state index in [0.29, 0.717) is 16.9 Å². The van der Waals surface area contributed by atoms with Crippen molar-refractivity contribution >= 4 is 76.5 Å². The van der Waals surface area contributed by atoms with Gasteiger partial charge in [-0.1, -0.05) is 18.2 Å². The number of azo groups is 3. The number of phenols is 1. The quantitative estimate of drug-likeness (QED) is 0.0373. The molecule has 17 nitrogen and oxygen atoms in total. The van der Waals surface area contributed by atoms with Crippen LogP contribution in [-0.4, -0.2) is 36.0 Å². The highest BCUT2D eigenvalue weighted by atomic mass is 32.2. The van der Waals surface area contributed by atoms with Crippen LogP contribution in [0.25, 0.3) is 10.8 Å². The molecule has 0 bridgehead atoms. The van der Waals surface area contributed by atoms with Crippen molar-refractivity contribution in [3.63, 3.8) is 0 Å². The molecule has 0 fully saturated rings. The van der Waals surface area contributed by atoms with E-state index in [1.807, 2.05) is 25.1 Å². The predicted molar refractivity (Wildman–Crippen MR) is 178 cm³/mol. The number of benzene rings is 5. The first-order valence-corrected chi connectivity index (χ1v) is 16.7. The monoisotopic (exact) mass is 704 g/mol. The number of fused-ring (bicyclic) bond motifs is 1. The molecule has 0 unspecified atom stereocenters. The molecule has 19 heteroatoms. The molecule has 49 heavy (non-hydrogen) atoms. The number of nitro benzene ring substituents is 1. The Morgan fingerprint density at radius 1 is 0.673 bits per heavy atom. The summed E-state index contributed by atoms with van der Waals surface area (Å²) >= 11 is 0. The normalized spacial score (nSPS) is 12.5. The zero-order valence-electron chi connectivity index (χ0n) is 25.3. The van der Waals surface area contributed by atoms with Crippen molar-refractivity contribution in [1.29, 1.82) is 0 Å². The third kappa shape index (κ3) is 7.44. The predicted octanol–water partition coefficient (Wildman–Crippen LogP) is 8.39. The number of aryl methyl sites for hydroxylation is 2. The Morgan fingerprint density at radius 2 is 1.20 bits per heavy atom. The van der Waals surface area contributed by atoms with E-state index < -0.39 is 57.8 Å². The van der Waals surface area contributed by atoms with Crippen molar-refractivity contribution in [1.82, 2.24) is 0 Å². The SMILES string of the molecule is Cc1ccccc1N=Nc1ccc(N=Nc2c(S(=O)(=O)O)cc3cc(S(=O)(=O)O)c(N=Nc4ccc([N+](=O)[O-])cc4)c(N)c3c2O)c(C)c1. The van der Waals surface area contributed by atoms with Crippen molar-refractivity contribution in [2.45, 2.75) is 23.6 Å². The molecule has 5 N–H and O–H groups in total. The molecule has 0 amide bonds. The van der Waals surface area contributed by atoms with E-state index in [9.17, 15) is 41.2 Å². The molecular weight excluding hydrogens is 681 g/mol. The van der Waals surface area contributed by atoms with Crippen molar-refractivity contribution in [2.24, 2.45) is 30.7 Å². The first-order valence-electron chi connectivity index (χ1n) is 13.8. The fourth-order valence-corrected chi connectivity index (χ4v) is 5.89. The molecule has 0 spiro atoms. The summed E-state index contributed by atoms with van der Waals surface area (Å²) in [6, 6.07) is 18.3. The number of non-ortho nitro benzene ring substituents is 1. The molecule has 5 aromatic rings. The Morgan fingerprint density at radius 3 is 1.80 bits per heavy atom. The Hall–Kier alpha value is -6.02. The highest BCUT2D eigenvalue weighted by Gasteiger charge is 2.28. The van der Waals surface area contributed by atoms with Crippen LogP contribution in [0.1, 0.15) is 11.1 Å². The first-order chi connectivity index (χ1) is 23.0. The van der Waals surface area contributed by atoms with Crippen LogP contribution in [-0.2, 0) is 20.2 Å². The Bertz CT molecular complexity index is 2470. The van der Waals surface area contributed by atoms with E-state index in [2.05, 4.69) is 30.7 Å². The van der Waals surface area contributed by atoms with Crippen LogP contribution < -0.4 is 5.73 Å². The van der Waals surface area contributed by atoms with Crippen molar-refractivity contribution in [3.8, 4) is 5.75 Å². The van der Waals surface area contributed by atoms with Crippen LogP contribution in [0.3, 0.4) is 0 Å². The molecular formula is C30H24N8O9S2. The molecule has 250 valence electrons. The third-order valence-corrected chi connectivity index (χ3v) is 8.76. The van der Waals surface area contributed by atoms with Gasteiger partial charge in [-0.3, -0.25) is 19.2 Å². The van der Waals surface area contributed by atoms with Crippen LogP contribution >= 0.6 is 0 Å². The summed E-state index contributed by atoms with van der Waals surface area (Å²) < 4.78 is 69.3. The van der Waals surface area contributed by atoms with E-state index in [1.54, 1.807) is 25.1 Å². The Kier molecular flexibility index (Phi) is 9.27. The van der Waals surface area contributed by atoms with E-state index in [-0.39, 0.29) is 27.8 Å². The number of nitro groups is 1. The molecule has 0 heterocycles. The Balaban J connectivity index is 1.62. The number of anilines is 1. The number of hydrogen-bond acceptors (Lipinski definition) is 14. The second kappa shape index (κ2) is 13.2. The minimum Gasteiger partial charge on any atom is -0.505 e. The second-order valence-corrected chi connectivity index (χ2v) is 13.2. The minimum absolute atomic E-state index is 0.0323. The maximum atomic E-state index is 12.4. The van der Waals surface area contributed by atoms with Crippen LogP contribution in [0.15, 0.2) is 119 Å². The van der Waals surface area contributed by atoms with E-state index in [1.165, 1.54) is 18.2 Å². The van der Waals surface area contributed by atoms with Gasteiger partial charge in [0, 0.05) is 12.1 Å². The van der Waals surface area contributed by atoms with Crippen molar-refractivity contribution in [3.05, 3.63) is 100 Å². The molecule has 5 rings (SSSR count). The number of nitrogens with two attached hydrogens (primary N) is 1. The van der Waals surface area contributed by atoms with Gasteiger partial charge < -0.3 is 10.8 Å². The molecule has 5 aromatic carbocycles. The molecule has 0 aromatic heterocycles. The second-order valence-electron chi connectivity index (χ2n) is 10.4. The van der Waals surface area contributed by atoms with Crippen LogP contribution in [0.4, 0.5) is 45.5 Å². The molecule has 0 saturated carbocycles. The molecule has 0 radical (unpaired) electrons. The van der Waals surface area contributed by atoms with Gasteiger partial charge in [0.2, 0.25) is 0 Å². The van der Waals surface area contributed by atoms with Crippen LogP contribution in [0.2, 0.25) is 0 Å². The molecule has 0 aliphatic rings. The van der Waals surface area contributed by atoms with E-state index >= 15 is 0 Å². The van der Waals surface area contributed by atoms with Gasteiger partial charge in [-0.2, -0.15) is 37.3 Å². The zero-order chi connectivity index (χ0) is 35.7. The smallest absolute Gasteiger partial charge is 0.296 e. The summed E-state index contributed by atoms with van der Waals surface area (Å²) in [5.74, 6) is -0.929. The number of rotatable bonds is 9. The lowest BCUT2D eigenvalue weighted by Crippen LogP contribution is -2.03. The van der Waals surface area contributed by atoms with Gasteiger partial charge >= 0.3 is 0 Å². The molecule has 0 aliphatic carbocycles. The summed E-state index contributed by atoms with van der Waals surface area (Å²) in [4.78, 5) is 8.42. The highest BCUT2D eigenvalue weighted by molar-refractivity contribution is 7.86. The van der Waals surface area contributed by atoms with Gasteiger partial charge in [0.15, 0.2) is 5.75 Å². The fraction of sp³-hybridized carbons (Fsp3) is 0.0667. The maximum Gasteiger partial charge on any atom is 0.296 e. The number of nitrogen functional groups attached to an aromatic ring is 1. The standard InChI is InChI=1S/C30H24N8O9S2/c1-16-5-3-4-6-22(16)34-33-20-9-12-23(17(2)13-20)35-37-29-25(49(45,46)47)15-18-14-24(48(42,43)44)28(27(31)26(18)30(29)39)36-32-19-7-10-21(11-8-19)38(40)41/h3-15,39H,31H2,1-2H3,(H,42,43,44)(H,45,46,47). The average molecular weight is 705 g/mol. The highest BCUT2D eigenvalue weighted by Crippen LogP contribution is 2.48. The molecule has 0 atom stereocenters. The van der Waals surface area contributed by atoms with E-state index in [0.717, 1.165) is 29.8 Å². The molecule has 0 aliphatic heterocycles. The van der Waals surface area contributed by atoms with Gasteiger partial charge in [0.05, 0.1) is 38.7 Å². The van der Waals surface area contributed by atoms with E-state index in [4.69, 9.17) is 5.73 Å². The number of aromatic hydroxyl groups is 1. The third-order valence-electron chi connectivity index (χ3n) is 7.02. The zero-order valence-corrected chi connectivity index (χ0v) is 27.0. The van der Waals surface area contributed by atoms with Gasteiger partial charge in [-0.05, 0) is 78.9 Å². The lowest BCUT2D eigenvalue weighted by atomic mass is 10.1. The van der Waals surface area contributed by atoms with Crippen molar-refractivity contribution < 1.29 is 36.0 Å². The van der Waals surface area contributed by atoms with Gasteiger partial charge in [-0.25, -0.2) is 0 Å². The minimum atomic E-state index is -5.12. The summed E-state index contributed by atoms with van der Waals surface area (Å²) in [5, 5.41) is 45.5. The lowest BCUT2D eigenvalue weighted by Gasteiger charge is -2.14. The van der Waals surface area contributed by atoms with Crippen LogP contribution in [0, 0.1) is 24.0 Å². The van der Waals surface area contributed by atoms with Gasteiger partial charge in [0.1, 0.15) is 21.2 Å². The first kappa shape index (κ1) is 34.3. The molecule has 0 saturated heterocycles.